The van der Waals surface area contributed by atoms with E-state index < -0.39 is 35.7 Å². The summed E-state index contributed by atoms with van der Waals surface area (Å²) in [5.41, 5.74) is -0.919. The van der Waals surface area contributed by atoms with E-state index in [4.69, 9.17) is 0 Å². The van der Waals surface area contributed by atoms with Crippen LogP contribution < -0.4 is 21.9 Å². The fraction of sp³-hybridized carbons (Fsp3) is 0.647. The second-order valence-electron chi connectivity index (χ2n) is 7.29. The van der Waals surface area contributed by atoms with Crippen molar-refractivity contribution in [1.29, 1.82) is 0 Å². The molecule has 9 heteroatoms. The molecule has 1 aromatic heterocycles. The van der Waals surface area contributed by atoms with Crippen LogP contribution in [0.5, 0.6) is 0 Å². The molecule has 0 radical (unpaired) electrons. The van der Waals surface area contributed by atoms with E-state index >= 15 is 0 Å². The van der Waals surface area contributed by atoms with Crippen LogP contribution in [-0.4, -0.2) is 45.2 Å². The molecule has 0 aromatic carbocycles. The number of aromatic amines is 1. The van der Waals surface area contributed by atoms with Gasteiger partial charge >= 0.3 is 5.69 Å². The molecule has 142 valence electrons. The number of carbonyl (C=O) groups is 2. The first-order valence-corrected chi connectivity index (χ1v) is 8.88. The fourth-order valence-corrected chi connectivity index (χ4v) is 4.03. The van der Waals surface area contributed by atoms with Gasteiger partial charge in [0.1, 0.15) is 12.6 Å². The van der Waals surface area contributed by atoms with E-state index in [9.17, 15) is 24.3 Å². The van der Waals surface area contributed by atoms with Gasteiger partial charge in [0, 0.05) is 17.8 Å². The van der Waals surface area contributed by atoms with Crippen molar-refractivity contribution in [3.05, 3.63) is 32.6 Å². The Labute approximate surface area is 149 Å². The van der Waals surface area contributed by atoms with Crippen molar-refractivity contribution in [2.75, 3.05) is 6.61 Å². The molecular weight excluding hydrogens is 340 g/mol. The Balaban J connectivity index is 1.58. The molecule has 1 heterocycles. The number of hydrogen-bond donors (Lipinski definition) is 4. The first kappa shape index (κ1) is 18.4. The number of nitrogens with one attached hydrogen (secondary N) is 3. The van der Waals surface area contributed by atoms with E-state index in [2.05, 4.69) is 15.6 Å². The maximum Gasteiger partial charge on any atom is 0.328 e. The molecule has 26 heavy (non-hydrogen) atoms. The van der Waals surface area contributed by atoms with Gasteiger partial charge in [-0.1, -0.05) is 6.42 Å². The van der Waals surface area contributed by atoms with Crippen LogP contribution >= 0.6 is 0 Å². The number of rotatable bonds is 6. The highest BCUT2D eigenvalue weighted by Gasteiger charge is 2.40. The molecule has 4 atom stereocenters. The van der Waals surface area contributed by atoms with Crippen molar-refractivity contribution in [3.63, 3.8) is 0 Å². The predicted molar refractivity (Wildman–Crippen MR) is 92.5 cm³/mol. The molecule has 2 saturated carbocycles. The number of H-pyrrole nitrogens is 1. The van der Waals surface area contributed by atoms with Crippen LogP contribution in [0.1, 0.15) is 31.2 Å². The van der Waals surface area contributed by atoms with Gasteiger partial charge < -0.3 is 15.7 Å². The number of nitrogens with zero attached hydrogens (tertiary/aromatic N) is 1. The second kappa shape index (κ2) is 7.45. The van der Waals surface area contributed by atoms with Crippen LogP contribution in [0.4, 0.5) is 0 Å². The van der Waals surface area contributed by atoms with E-state index in [-0.39, 0.29) is 12.6 Å². The van der Waals surface area contributed by atoms with Gasteiger partial charge in [0.25, 0.3) is 5.56 Å². The number of hydrogen-bond acceptors (Lipinski definition) is 5. The van der Waals surface area contributed by atoms with Crippen LogP contribution in [-0.2, 0) is 16.1 Å². The molecule has 2 fully saturated rings. The normalized spacial score (nSPS) is 25.1. The van der Waals surface area contributed by atoms with Crippen LogP contribution in [0.3, 0.4) is 0 Å². The third-order valence-corrected chi connectivity index (χ3v) is 5.40. The zero-order valence-corrected chi connectivity index (χ0v) is 14.7. The Morgan fingerprint density at radius 1 is 1.35 bits per heavy atom. The molecule has 1 aromatic rings. The van der Waals surface area contributed by atoms with Crippen molar-refractivity contribution in [2.24, 2.45) is 11.8 Å². The van der Waals surface area contributed by atoms with Crippen molar-refractivity contribution in [3.8, 4) is 0 Å². The molecule has 4 N–H and O–H groups in total. The summed E-state index contributed by atoms with van der Waals surface area (Å²) in [4.78, 5) is 49.7. The van der Waals surface area contributed by atoms with Gasteiger partial charge in [-0.15, -0.1) is 0 Å². The number of carbonyl (C=O) groups excluding carboxylic acids is 2. The highest BCUT2D eigenvalue weighted by atomic mass is 16.3. The molecular formula is C17H24N4O5. The third kappa shape index (κ3) is 3.87. The van der Waals surface area contributed by atoms with Gasteiger partial charge in [0.2, 0.25) is 11.8 Å². The summed E-state index contributed by atoms with van der Waals surface area (Å²) in [7, 11) is 0. The van der Waals surface area contributed by atoms with E-state index in [1.807, 2.05) is 0 Å². The van der Waals surface area contributed by atoms with Crippen molar-refractivity contribution in [1.82, 2.24) is 20.2 Å². The molecule has 0 aliphatic heterocycles. The topological polar surface area (TPSA) is 133 Å². The first-order chi connectivity index (χ1) is 12.4. The summed E-state index contributed by atoms with van der Waals surface area (Å²) in [5, 5.41) is 14.8. The first-order valence-electron chi connectivity index (χ1n) is 8.88. The average molecular weight is 364 g/mol. The quantitative estimate of drug-likeness (QED) is 0.494. The monoisotopic (exact) mass is 364 g/mol. The van der Waals surface area contributed by atoms with E-state index in [1.54, 1.807) is 0 Å². The highest BCUT2D eigenvalue weighted by molar-refractivity contribution is 5.87. The molecule has 2 aliphatic carbocycles. The molecule has 9 nitrogen and oxygen atoms in total. The van der Waals surface area contributed by atoms with Gasteiger partial charge in [0.15, 0.2) is 0 Å². The number of aryl methyl sites for hydroxylation is 1. The lowest BCUT2D eigenvalue weighted by Crippen LogP contribution is -2.53. The molecule has 0 saturated heterocycles. The minimum absolute atomic E-state index is 0.108. The lowest BCUT2D eigenvalue weighted by molar-refractivity contribution is -0.130. The lowest BCUT2D eigenvalue weighted by atomic mass is 9.95. The third-order valence-electron chi connectivity index (χ3n) is 5.40. The Bertz CT molecular complexity index is 814. The zero-order valence-electron chi connectivity index (χ0n) is 14.7. The number of fused-ring (bicyclic) bond motifs is 2. The van der Waals surface area contributed by atoms with Crippen molar-refractivity contribution >= 4 is 11.8 Å². The maximum atomic E-state index is 12.4. The number of aromatic nitrogens is 2. The second-order valence-corrected chi connectivity index (χ2v) is 7.29. The van der Waals surface area contributed by atoms with Crippen molar-refractivity contribution < 1.29 is 14.7 Å². The number of amides is 2. The molecule has 3 rings (SSSR count). The van der Waals surface area contributed by atoms with Gasteiger partial charge in [-0.05, 0) is 38.0 Å². The summed E-state index contributed by atoms with van der Waals surface area (Å²) >= 11 is 0. The van der Waals surface area contributed by atoms with Gasteiger partial charge in [-0.2, -0.15) is 0 Å². The summed E-state index contributed by atoms with van der Waals surface area (Å²) in [5.74, 6) is 0.147. The molecule has 2 aliphatic rings. The fourth-order valence-electron chi connectivity index (χ4n) is 4.03. The Morgan fingerprint density at radius 3 is 2.73 bits per heavy atom. The molecule has 2 amide bonds. The maximum absolute atomic E-state index is 12.4. The van der Waals surface area contributed by atoms with Gasteiger partial charge in [0.05, 0.1) is 6.61 Å². The molecule has 0 spiro atoms. The Hall–Kier alpha value is -2.42. The minimum atomic E-state index is -1.07. The van der Waals surface area contributed by atoms with Crippen LogP contribution in [0.2, 0.25) is 0 Å². The van der Waals surface area contributed by atoms with Crippen LogP contribution in [0.25, 0.3) is 0 Å². The summed E-state index contributed by atoms with van der Waals surface area (Å²) < 4.78 is 1.05. The highest BCUT2D eigenvalue weighted by Crippen LogP contribution is 2.44. The summed E-state index contributed by atoms with van der Waals surface area (Å²) in [6, 6.07) is -0.960. The average Bonchev–Trinajstić information content (AvgIpc) is 3.20. The molecule has 2 bridgehead atoms. The largest absolute Gasteiger partial charge is 0.394 e. The number of aliphatic hydroxyl groups excluding tert-OH is 1. The molecule has 4 unspecified atom stereocenters. The van der Waals surface area contributed by atoms with E-state index in [0.717, 1.165) is 23.8 Å². The zero-order chi connectivity index (χ0) is 18.8. The standard InChI is InChI=1S/C17H24N4O5/c1-9-6-21(17(26)20-15(9)24)7-14(23)18-13(8-22)16(25)19-12-5-10-2-3-11(12)4-10/h6,10-13,22H,2-5,7-8H2,1H3,(H,18,23)(H,19,25)(H,20,24,26). The summed E-state index contributed by atoms with van der Waals surface area (Å²) in [6.45, 7) is 0.637. The number of aliphatic hydroxyl groups is 1. The van der Waals surface area contributed by atoms with Gasteiger partial charge in [-0.3, -0.25) is 23.9 Å². The minimum Gasteiger partial charge on any atom is -0.394 e. The van der Waals surface area contributed by atoms with E-state index in [1.165, 1.54) is 19.5 Å². The Morgan fingerprint density at radius 2 is 2.12 bits per heavy atom. The smallest absolute Gasteiger partial charge is 0.328 e. The lowest BCUT2D eigenvalue weighted by Gasteiger charge is -2.25. The van der Waals surface area contributed by atoms with Crippen LogP contribution in [0, 0.1) is 18.8 Å². The van der Waals surface area contributed by atoms with Crippen LogP contribution in [0.15, 0.2) is 15.8 Å². The summed E-state index contributed by atoms with van der Waals surface area (Å²) in [6.07, 6.45) is 5.69. The SMILES string of the molecule is Cc1cn(CC(=O)NC(CO)C(=O)NC2CC3CCC2C3)c(=O)[nH]c1=O. The van der Waals surface area contributed by atoms with Crippen molar-refractivity contribution in [2.45, 2.75) is 51.2 Å². The Kier molecular flexibility index (Phi) is 5.26. The van der Waals surface area contributed by atoms with E-state index in [0.29, 0.717) is 17.4 Å². The predicted octanol–water partition coefficient (Wildman–Crippen LogP) is -1.37. The van der Waals surface area contributed by atoms with Gasteiger partial charge in [-0.25, -0.2) is 4.79 Å².